The SMILES string of the molecule is COC(=O)[C@H]1C[C@@]2(C)[C@@H](CC[C@@H]3[C@@H]2CC[C@]2(C)[C@@H]([C@H](C)CCCC(C)C)CC[C@@H]32)CC12OCCO2. The molecule has 9 atom stereocenters. The fraction of sp³-hybridized carbons (Fsp3) is 0.968. The maximum atomic E-state index is 13.0. The molecule has 0 amide bonds. The predicted molar refractivity (Wildman–Crippen MR) is 139 cm³/mol. The van der Waals surface area contributed by atoms with E-state index in [0.29, 0.717) is 24.5 Å². The Morgan fingerprint density at radius 2 is 1.63 bits per heavy atom. The smallest absolute Gasteiger partial charge is 0.314 e. The average molecular weight is 489 g/mol. The largest absolute Gasteiger partial charge is 0.469 e. The Balaban J connectivity index is 1.34. The van der Waals surface area contributed by atoms with Crippen molar-refractivity contribution in [1.29, 1.82) is 0 Å². The molecule has 0 aromatic rings. The van der Waals surface area contributed by atoms with Crippen molar-refractivity contribution in [3.8, 4) is 0 Å². The van der Waals surface area contributed by atoms with Gasteiger partial charge in [-0.3, -0.25) is 4.79 Å². The van der Waals surface area contributed by atoms with Gasteiger partial charge in [0, 0.05) is 6.42 Å². The third kappa shape index (κ3) is 4.21. The highest BCUT2D eigenvalue weighted by Crippen LogP contribution is 2.70. The molecular weight excluding hydrogens is 436 g/mol. The minimum Gasteiger partial charge on any atom is -0.469 e. The first-order chi connectivity index (χ1) is 16.6. The summed E-state index contributed by atoms with van der Waals surface area (Å²) in [5.74, 6) is 4.39. The number of carbonyl (C=O) groups is 1. The number of esters is 1. The third-order valence-electron chi connectivity index (χ3n) is 12.2. The Labute approximate surface area is 214 Å². The Bertz CT molecular complexity index is 772. The predicted octanol–water partition coefficient (Wildman–Crippen LogP) is 7.25. The molecule has 5 aliphatic rings. The van der Waals surface area contributed by atoms with Gasteiger partial charge in [-0.25, -0.2) is 0 Å². The first-order valence-electron chi connectivity index (χ1n) is 15.0. The van der Waals surface area contributed by atoms with E-state index in [2.05, 4.69) is 34.6 Å². The van der Waals surface area contributed by atoms with E-state index in [9.17, 15) is 4.79 Å². The summed E-state index contributed by atoms with van der Waals surface area (Å²) in [6.45, 7) is 13.7. The zero-order valence-electron chi connectivity index (χ0n) is 23.4. The van der Waals surface area contributed by atoms with Crippen molar-refractivity contribution in [3.63, 3.8) is 0 Å². The van der Waals surface area contributed by atoms with Gasteiger partial charge in [-0.2, -0.15) is 0 Å². The molecule has 0 aromatic carbocycles. The van der Waals surface area contributed by atoms with Crippen LogP contribution < -0.4 is 0 Å². The van der Waals surface area contributed by atoms with Crippen molar-refractivity contribution in [2.24, 2.45) is 58.2 Å². The van der Waals surface area contributed by atoms with Crippen molar-refractivity contribution in [2.45, 2.75) is 111 Å². The van der Waals surface area contributed by atoms with Crippen LogP contribution in [-0.4, -0.2) is 32.1 Å². The summed E-state index contributed by atoms with van der Waals surface area (Å²) in [6.07, 6.45) is 14.1. The van der Waals surface area contributed by atoms with Crippen LogP contribution in [0.25, 0.3) is 0 Å². The van der Waals surface area contributed by atoms with Crippen molar-refractivity contribution in [2.75, 3.05) is 20.3 Å². The van der Waals surface area contributed by atoms with Crippen LogP contribution in [0.1, 0.15) is 105 Å². The van der Waals surface area contributed by atoms with E-state index in [1.54, 1.807) is 0 Å². The second-order valence-electron chi connectivity index (χ2n) is 14.2. The van der Waals surface area contributed by atoms with Gasteiger partial charge >= 0.3 is 5.97 Å². The first-order valence-corrected chi connectivity index (χ1v) is 15.0. The van der Waals surface area contributed by atoms with Gasteiger partial charge in [-0.15, -0.1) is 0 Å². The molecule has 5 rings (SSSR count). The summed E-state index contributed by atoms with van der Waals surface area (Å²) in [4.78, 5) is 13.0. The minimum atomic E-state index is -0.739. The molecule has 1 spiro atoms. The highest BCUT2D eigenvalue weighted by atomic mass is 16.7. The van der Waals surface area contributed by atoms with Crippen LogP contribution in [0.5, 0.6) is 0 Å². The molecule has 35 heavy (non-hydrogen) atoms. The van der Waals surface area contributed by atoms with E-state index in [0.717, 1.165) is 48.3 Å². The van der Waals surface area contributed by atoms with Gasteiger partial charge in [0.25, 0.3) is 0 Å². The van der Waals surface area contributed by atoms with Gasteiger partial charge in [-0.05, 0) is 97.2 Å². The maximum absolute atomic E-state index is 13.0. The van der Waals surface area contributed by atoms with Gasteiger partial charge in [0.15, 0.2) is 5.79 Å². The third-order valence-corrected chi connectivity index (χ3v) is 12.2. The molecule has 1 aliphatic heterocycles. The van der Waals surface area contributed by atoms with Crippen LogP contribution in [0, 0.1) is 58.2 Å². The standard InChI is InChI=1S/C31H52O4/c1-20(2)8-7-9-21(3)24-12-13-25-23-11-10-22-18-31(34-16-17-35-31)27(28(32)33-6)19-30(22,5)26(23)14-15-29(24,25)4/h20-27H,7-19H2,1-6H3/t21-,22+,23+,24-,25+,26+,27-,29-,30+/m1/s1. The molecule has 4 aliphatic carbocycles. The van der Waals surface area contributed by atoms with Gasteiger partial charge in [0.2, 0.25) is 0 Å². The van der Waals surface area contributed by atoms with E-state index in [-0.39, 0.29) is 17.3 Å². The van der Waals surface area contributed by atoms with Crippen molar-refractivity contribution in [1.82, 2.24) is 0 Å². The number of hydrogen-bond donors (Lipinski definition) is 0. The van der Waals surface area contributed by atoms with Crippen LogP contribution in [0.3, 0.4) is 0 Å². The highest BCUT2D eigenvalue weighted by molar-refractivity contribution is 5.74. The molecule has 1 heterocycles. The molecule has 0 N–H and O–H groups in total. The van der Waals surface area contributed by atoms with Crippen LogP contribution in [0.4, 0.5) is 0 Å². The second-order valence-corrected chi connectivity index (χ2v) is 14.2. The summed E-state index contributed by atoms with van der Waals surface area (Å²) < 4.78 is 17.7. The summed E-state index contributed by atoms with van der Waals surface area (Å²) in [6, 6.07) is 0. The zero-order chi connectivity index (χ0) is 25.0. The molecule has 200 valence electrons. The molecule has 4 saturated carbocycles. The van der Waals surface area contributed by atoms with Crippen LogP contribution in [0.2, 0.25) is 0 Å². The van der Waals surface area contributed by atoms with Gasteiger partial charge in [-0.1, -0.05) is 53.9 Å². The molecule has 4 heteroatoms. The summed E-state index contributed by atoms with van der Waals surface area (Å²) >= 11 is 0. The molecular formula is C31H52O4. The van der Waals surface area contributed by atoms with Crippen LogP contribution in [0.15, 0.2) is 0 Å². The number of hydrogen-bond acceptors (Lipinski definition) is 4. The highest BCUT2D eigenvalue weighted by Gasteiger charge is 2.65. The normalized spacial score (nSPS) is 45.1. The first kappa shape index (κ1) is 26.0. The summed E-state index contributed by atoms with van der Waals surface area (Å²) in [5.41, 5.74) is 0.696. The minimum absolute atomic E-state index is 0.134. The lowest BCUT2D eigenvalue weighted by Crippen LogP contribution is -2.60. The average Bonchev–Trinajstić information content (AvgIpc) is 3.43. The Morgan fingerprint density at radius 1 is 0.914 bits per heavy atom. The molecule has 0 radical (unpaired) electrons. The zero-order valence-corrected chi connectivity index (χ0v) is 23.4. The van der Waals surface area contributed by atoms with E-state index in [4.69, 9.17) is 14.2 Å². The lowest BCUT2D eigenvalue weighted by atomic mass is 9.43. The van der Waals surface area contributed by atoms with Gasteiger partial charge < -0.3 is 14.2 Å². The van der Waals surface area contributed by atoms with E-state index in [1.165, 1.54) is 64.9 Å². The van der Waals surface area contributed by atoms with E-state index < -0.39 is 5.79 Å². The van der Waals surface area contributed by atoms with E-state index >= 15 is 0 Å². The quantitative estimate of drug-likeness (QED) is 0.369. The van der Waals surface area contributed by atoms with E-state index in [1.807, 2.05) is 0 Å². The van der Waals surface area contributed by atoms with Crippen molar-refractivity contribution < 1.29 is 19.0 Å². The molecule has 0 bridgehead atoms. The van der Waals surface area contributed by atoms with Crippen molar-refractivity contribution in [3.05, 3.63) is 0 Å². The molecule has 0 aromatic heterocycles. The number of carbonyl (C=O) groups excluding carboxylic acids is 1. The monoisotopic (exact) mass is 488 g/mol. The Kier molecular flexibility index (Phi) is 7.14. The second kappa shape index (κ2) is 9.61. The van der Waals surface area contributed by atoms with Crippen LogP contribution >= 0.6 is 0 Å². The van der Waals surface area contributed by atoms with Gasteiger partial charge in [0.05, 0.1) is 20.3 Å². The molecule has 1 saturated heterocycles. The van der Waals surface area contributed by atoms with Gasteiger partial charge in [0.1, 0.15) is 5.92 Å². The topological polar surface area (TPSA) is 44.8 Å². The summed E-state index contributed by atoms with van der Waals surface area (Å²) in [5, 5.41) is 0. The maximum Gasteiger partial charge on any atom is 0.314 e. The number of fused-ring (bicyclic) bond motifs is 5. The lowest BCUT2D eigenvalue weighted by molar-refractivity contribution is -0.262. The Morgan fingerprint density at radius 3 is 2.31 bits per heavy atom. The fourth-order valence-electron chi connectivity index (χ4n) is 10.5. The van der Waals surface area contributed by atoms with Crippen LogP contribution in [-0.2, 0) is 19.0 Å². The molecule has 5 fully saturated rings. The summed E-state index contributed by atoms with van der Waals surface area (Å²) in [7, 11) is 1.52. The number of rotatable bonds is 6. The lowest BCUT2D eigenvalue weighted by Gasteiger charge is -2.63. The molecule has 0 unspecified atom stereocenters. The Hall–Kier alpha value is -0.610. The fourth-order valence-corrected chi connectivity index (χ4v) is 10.5. The number of ether oxygens (including phenoxy) is 3. The van der Waals surface area contributed by atoms with Crippen molar-refractivity contribution >= 4 is 5.97 Å². The number of methoxy groups -OCH3 is 1. The molecule has 4 nitrogen and oxygen atoms in total.